The Labute approximate surface area is 137 Å². The van der Waals surface area contributed by atoms with Crippen LogP contribution in [0.15, 0.2) is 28.7 Å². The van der Waals surface area contributed by atoms with Crippen LogP contribution in [0.25, 0.3) is 0 Å². The van der Waals surface area contributed by atoms with Gasteiger partial charge in [0.15, 0.2) is 0 Å². The monoisotopic (exact) mass is 350 g/mol. The van der Waals surface area contributed by atoms with Crippen molar-refractivity contribution in [1.82, 2.24) is 9.80 Å². The van der Waals surface area contributed by atoms with Gasteiger partial charge >= 0.3 is 0 Å². The van der Waals surface area contributed by atoms with Gasteiger partial charge in [-0.3, -0.25) is 4.90 Å². The lowest BCUT2D eigenvalue weighted by molar-refractivity contribution is 0.105. The number of hydrogen-bond acceptors (Lipinski definition) is 2. The Hall–Kier alpha value is -0.380. The number of benzene rings is 1. The summed E-state index contributed by atoms with van der Waals surface area (Å²) in [5.41, 5.74) is 1.43. The van der Waals surface area contributed by atoms with Crippen LogP contribution in [0.2, 0.25) is 0 Å². The van der Waals surface area contributed by atoms with Crippen molar-refractivity contribution in [3.63, 3.8) is 0 Å². The SMILES string of the molecule is Brc1ccc(CN2CCN(CC3CCCCC3)CC2)cc1. The van der Waals surface area contributed by atoms with Crippen LogP contribution in [0.3, 0.4) is 0 Å². The number of nitrogens with zero attached hydrogens (tertiary/aromatic N) is 2. The lowest BCUT2D eigenvalue weighted by Crippen LogP contribution is -2.47. The molecule has 0 aromatic heterocycles. The topological polar surface area (TPSA) is 6.48 Å². The fraction of sp³-hybridized carbons (Fsp3) is 0.667. The van der Waals surface area contributed by atoms with E-state index in [1.165, 1.54) is 74.9 Å². The van der Waals surface area contributed by atoms with Crippen LogP contribution in [0.1, 0.15) is 37.7 Å². The first kappa shape index (κ1) is 15.5. The Kier molecular flexibility index (Phi) is 5.73. The lowest BCUT2D eigenvalue weighted by Gasteiger charge is -2.37. The van der Waals surface area contributed by atoms with Crippen molar-refractivity contribution in [3.05, 3.63) is 34.3 Å². The molecule has 0 unspecified atom stereocenters. The molecule has 116 valence electrons. The van der Waals surface area contributed by atoms with Crippen molar-refractivity contribution in [2.24, 2.45) is 5.92 Å². The zero-order chi connectivity index (χ0) is 14.5. The van der Waals surface area contributed by atoms with Gasteiger partial charge in [-0.1, -0.05) is 47.3 Å². The fourth-order valence-corrected chi connectivity index (χ4v) is 3.98. The summed E-state index contributed by atoms with van der Waals surface area (Å²) in [4.78, 5) is 5.30. The Morgan fingerprint density at radius 1 is 0.857 bits per heavy atom. The summed E-state index contributed by atoms with van der Waals surface area (Å²) in [6, 6.07) is 8.76. The van der Waals surface area contributed by atoms with E-state index in [0.717, 1.165) is 12.5 Å². The Bertz CT molecular complexity index is 417. The zero-order valence-electron chi connectivity index (χ0n) is 12.9. The number of hydrogen-bond donors (Lipinski definition) is 0. The van der Waals surface area contributed by atoms with Crippen molar-refractivity contribution < 1.29 is 0 Å². The van der Waals surface area contributed by atoms with Gasteiger partial charge < -0.3 is 4.90 Å². The Morgan fingerprint density at radius 2 is 1.48 bits per heavy atom. The van der Waals surface area contributed by atoms with E-state index in [1.54, 1.807) is 0 Å². The first-order valence-corrected chi connectivity index (χ1v) is 9.28. The van der Waals surface area contributed by atoms with Crippen LogP contribution in [0, 0.1) is 5.92 Å². The van der Waals surface area contributed by atoms with Gasteiger partial charge in [-0.25, -0.2) is 0 Å². The van der Waals surface area contributed by atoms with E-state index in [9.17, 15) is 0 Å². The number of piperazine rings is 1. The maximum absolute atomic E-state index is 3.51. The predicted molar refractivity (Wildman–Crippen MR) is 92.4 cm³/mol. The second-order valence-electron chi connectivity index (χ2n) is 6.71. The van der Waals surface area contributed by atoms with Crippen LogP contribution in [-0.2, 0) is 6.54 Å². The standard InChI is InChI=1S/C18H27BrN2/c19-18-8-6-17(7-9-18)15-21-12-10-20(11-13-21)14-16-4-2-1-3-5-16/h6-9,16H,1-5,10-15H2. The van der Waals surface area contributed by atoms with Gasteiger partial charge in [-0.15, -0.1) is 0 Å². The second kappa shape index (κ2) is 7.75. The minimum absolute atomic E-state index is 0.983. The summed E-state index contributed by atoms with van der Waals surface area (Å²) in [5, 5.41) is 0. The molecule has 1 saturated heterocycles. The molecule has 1 aromatic carbocycles. The van der Waals surface area contributed by atoms with Crippen LogP contribution in [0.5, 0.6) is 0 Å². The lowest BCUT2D eigenvalue weighted by atomic mass is 9.89. The van der Waals surface area contributed by atoms with E-state index >= 15 is 0 Å². The minimum Gasteiger partial charge on any atom is -0.301 e. The summed E-state index contributed by atoms with van der Waals surface area (Å²) in [5.74, 6) is 0.983. The third-order valence-electron chi connectivity index (χ3n) is 5.03. The van der Waals surface area contributed by atoms with Gasteiger partial charge in [0.05, 0.1) is 0 Å². The zero-order valence-corrected chi connectivity index (χ0v) is 14.5. The molecule has 0 radical (unpaired) electrons. The molecule has 21 heavy (non-hydrogen) atoms. The average Bonchev–Trinajstić information content (AvgIpc) is 2.53. The molecule has 0 spiro atoms. The molecule has 0 amide bonds. The molecule has 1 aliphatic heterocycles. The summed E-state index contributed by atoms with van der Waals surface area (Å²) in [7, 11) is 0. The predicted octanol–water partition coefficient (Wildman–Crippen LogP) is 4.15. The summed E-state index contributed by atoms with van der Waals surface area (Å²) < 4.78 is 1.17. The van der Waals surface area contributed by atoms with Crippen LogP contribution in [-0.4, -0.2) is 42.5 Å². The van der Waals surface area contributed by atoms with Gasteiger partial charge in [-0.2, -0.15) is 0 Å². The molecule has 3 heteroatoms. The quantitative estimate of drug-likeness (QED) is 0.804. The van der Waals surface area contributed by atoms with Gasteiger partial charge in [-0.05, 0) is 36.5 Å². The summed E-state index contributed by atoms with van der Waals surface area (Å²) in [6.07, 6.45) is 7.35. The molecule has 2 aliphatic rings. The molecule has 3 rings (SSSR count). The third kappa shape index (κ3) is 4.80. The molecular formula is C18H27BrN2. The highest BCUT2D eigenvalue weighted by atomic mass is 79.9. The first-order valence-electron chi connectivity index (χ1n) is 8.49. The Balaban J connectivity index is 1.41. The van der Waals surface area contributed by atoms with E-state index in [0.29, 0.717) is 0 Å². The summed E-state index contributed by atoms with van der Waals surface area (Å²) in [6.45, 7) is 7.42. The maximum Gasteiger partial charge on any atom is 0.0234 e. The molecule has 2 nitrogen and oxygen atoms in total. The smallest absolute Gasteiger partial charge is 0.0234 e. The fourth-order valence-electron chi connectivity index (χ4n) is 3.71. The number of rotatable bonds is 4. The highest BCUT2D eigenvalue weighted by Gasteiger charge is 2.21. The van der Waals surface area contributed by atoms with Crippen LogP contribution in [0.4, 0.5) is 0 Å². The van der Waals surface area contributed by atoms with Crippen LogP contribution >= 0.6 is 15.9 Å². The molecular weight excluding hydrogens is 324 g/mol. The van der Waals surface area contributed by atoms with E-state index in [4.69, 9.17) is 0 Å². The van der Waals surface area contributed by atoms with Crippen molar-refractivity contribution >= 4 is 15.9 Å². The van der Waals surface area contributed by atoms with E-state index in [1.807, 2.05) is 0 Å². The Morgan fingerprint density at radius 3 is 2.14 bits per heavy atom. The summed E-state index contributed by atoms with van der Waals surface area (Å²) >= 11 is 3.51. The molecule has 2 fully saturated rings. The molecule has 1 aromatic rings. The molecule has 1 heterocycles. The normalized spacial score (nSPS) is 22.5. The van der Waals surface area contributed by atoms with Gasteiger partial charge in [0.1, 0.15) is 0 Å². The van der Waals surface area contributed by atoms with E-state index in [2.05, 4.69) is 50.0 Å². The maximum atomic E-state index is 3.51. The highest BCUT2D eigenvalue weighted by Crippen LogP contribution is 2.24. The van der Waals surface area contributed by atoms with E-state index < -0.39 is 0 Å². The molecule has 1 aliphatic carbocycles. The van der Waals surface area contributed by atoms with E-state index in [-0.39, 0.29) is 0 Å². The van der Waals surface area contributed by atoms with Gasteiger partial charge in [0.25, 0.3) is 0 Å². The first-order chi connectivity index (χ1) is 10.3. The van der Waals surface area contributed by atoms with Crippen molar-refractivity contribution in [2.75, 3.05) is 32.7 Å². The average molecular weight is 351 g/mol. The second-order valence-corrected chi connectivity index (χ2v) is 7.62. The van der Waals surface area contributed by atoms with Crippen molar-refractivity contribution in [2.45, 2.75) is 38.6 Å². The van der Waals surface area contributed by atoms with Crippen molar-refractivity contribution in [3.8, 4) is 0 Å². The molecule has 0 bridgehead atoms. The van der Waals surface area contributed by atoms with Gasteiger partial charge in [0, 0.05) is 43.7 Å². The largest absolute Gasteiger partial charge is 0.301 e. The third-order valence-corrected chi connectivity index (χ3v) is 5.55. The molecule has 0 atom stereocenters. The van der Waals surface area contributed by atoms with Crippen molar-refractivity contribution in [1.29, 1.82) is 0 Å². The molecule has 0 N–H and O–H groups in total. The van der Waals surface area contributed by atoms with Crippen LogP contribution < -0.4 is 0 Å². The number of halogens is 1. The molecule has 1 saturated carbocycles. The minimum atomic E-state index is 0.983. The highest BCUT2D eigenvalue weighted by molar-refractivity contribution is 9.10. The van der Waals surface area contributed by atoms with Gasteiger partial charge in [0.2, 0.25) is 0 Å².